The summed E-state index contributed by atoms with van der Waals surface area (Å²) in [6.45, 7) is 0.276. The van der Waals surface area contributed by atoms with Gasteiger partial charge in [-0.1, -0.05) is 6.07 Å². The highest BCUT2D eigenvalue weighted by Gasteiger charge is 2.49. The summed E-state index contributed by atoms with van der Waals surface area (Å²) < 4.78 is 27.2. The number of nitrogens with one attached hydrogen (secondary N) is 1. The molecule has 1 aromatic heterocycles. The van der Waals surface area contributed by atoms with E-state index >= 15 is 0 Å². The van der Waals surface area contributed by atoms with Crippen LogP contribution in [0.2, 0.25) is 0 Å². The molecule has 2 aromatic rings. The van der Waals surface area contributed by atoms with Crippen molar-refractivity contribution in [1.29, 1.82) is 0 Å². The van der Waals surface area contributed by atoms with Gasteiger partial charge in [0.2, 0.25) is 5.91 Å². The molecule has 2 aliphatic rings. The fourth-order valence-electron chi connectivity index (χ4n) is 3.67. The van der Waals surface area contributed by atoms with Crippen molar-refractivity contribution in [3.05, 3.63) is 52.2 Å². The standard InChI is InChI=1S/C19H17F2N3O3S/c20-11-3-4-15(14(21)8-11)24-18(26)16-9-12(5-6-23(16)19(24)27)22-17(25)10-13-2-1-7-28-13/h1-4,7-8,12,16H,5-6,9-10H2,(H,22,25)/t12-,16-/m0/s1. The number of fused-ring (bicyclic) bond motifs is 1. The average molecular weight is 405 g/mol. The van der Waals surface area contributed by atoms with Crippen LogP contribution >= 0.6 is 11.3 Å². The van der Waals surface area contributed by atoms with Crippen molar-refractivity contribution in [2.24, 2.45) is 0 Å². The molecule has 28 heavy (non-hydrogen) atoms. The summed E-state index contributed by atoms with van der Waals surface area (Å²) in [6.07, 6.45) is 1.04. The van der Waals surface area contributed by atoms with E-state index in [2.05, 4.69) is 5.32 Å². The average Bonchev–Trinajstić information content (AvgIpc) is 3.23. The number of amides is 4. The Morgan fingerprint density at radius 1 is 1.25 bits per heavy atom. The smallest absolute Gasteiger partial charge is 0.332 e. The Balaban J connectivity index is 1.46. The van der Waals surface area contributed by atoms with Gasteiger partial charge in [-0.05, 0) is 36.4 Å². The van der Waals surface area contributed by atoms with E-state index < -0.39 is 29.6 Å². The van der Waals surface area contributed by atoms with Gasteiger partial charge in [0, 0.05) is 23.5 Å². The van der Waals surface area contributed by atoms with Gasteiger partial charge in [-0.15, -0.1) is 11.3 Å². The highest BCUT2D eigenvalue weighted by molar-refractivity contribution is 7.10. The van der Waals surface area contributed by atoms with Crippen molar-refractivity contribution >= 4 is 34.9 Å². The maximum atomic E-state index is 14.1. The number of urea groups is 1. The molecule has 2 saturated heterocycles. The minimum absolute atomic E-state index is 0.140. The topological polar surface area (TPSA) is 69.7 Å². The van der Waals surface area contributed by atoms with Gasteiger partial charge in [0.15, 0.2) is 0 Å². The molecule has 3 heterocycles. The molecule has 6 nitrogen and oxygen atoms in total. The Labute approximate surface area is 163 Å². The summed E-state index contributed by atoms with van der Waals surface area (Å²) in [5, 5.41) is 4.81. The van der Waals surface area contributed by atoms with E-state index in [0.29, 0.717) is 12.5 Å². The molecule has 0 aliphatic carbocycles. The first-order chi connectivity index (χ1) is 13.4. The van der Waals surface area contributed by atoms with Crippen LogP contribution in [0.5, 0.6) is 0 Å². The molecule has 1 aromatic carbocycles. The molecule has 4 rings (SSSR count). The molecule has 0 saturated carbocycles. The third kappa shape index (κ3) is 3.37. The zero-order valence-corrected chi connectivity index (χ0v) is 15.5. The number of piperidine rings is 1. The quantitative estimate of drug-likeness (QED) is 0.796. The van der Waals surface area contributed by atoms with Crippen LogP contribution in [0.3, 0.4) is 0 Å². The minimum atomic E-state index is -0.970. The molecule has 2 fully saturated rings. The number of rotatable bonds is 4. The molecule has 4 amide bonds. The number of hydrogen-bond donors (Lipinski definition) is 1. The van der Waals surface area contributed by atoms with Crippen molar-refractivity contribution in [3.8, 4) is 0 Å². The lowest BCUT2D eigenvalue weighted by Gasteiger charge is -2.32. The number of imide groups is 1. The Hall–Kier alpha value is -2.81. The van der Waals surface area contributed by atoms with E-state index in [9.17, 15) is 23.2 Å². The summed E-state index contributed by atoms with van der Waals surface area (Å²) in [5.41, 5.74) is -0.260. The zero-order valence-electron chi connectivity index (χ0n) is 14.7. The molecule has 146 valence electrons. The van der Waals surface area contributed by atoms with Gasteiger partial charge in [-0.25, -0.2) is 18.5 Å². The minimum Gasteiger partial charge on any atom is -0.353 e. The van der Waals surface area contributed by atoms with Crippen LogP contribution in [-0.2, 0) is 16.0 Å². The van der Waals surface area contributed by atoms with Crippen LogP contribution in [0, 0.1) is 11.6 Å². The number of carbonyl (C=O) groups excluding carboxylic acids is 3. The van der Waals surface area contributed by atoms with Gasteiger partial charge in [-0.3, -0.25) is 9.59 Å². The van der Waals surface area contributed by atoms with Crippen molar-refractivity contribution in [2.75, 3.05) is 11.4 Å². The van der Waals surface area contributed by atoms with Crippen molar-refractivity contribution in [3.63, 3.8) is 0 Å². The van der Waals surface area contributed by atoms with Crippen molar-refractivity contribution in [1.82, 2.24) is 10.2 Å². The lowest BCUT2D eigenvalue weighted by atomic mass is 9.97. The summed E-state index contributed by atoms with van der Waals surface area (Å²) in [7, 11) is 0. The number of halogens is 2. The van der Waals surface area contributed by atoms with E-state index in [1.165, 1.54) is 16.2 Å². The predicted molar refractivity (Wildman–Crippen MR) is 98.9 cm³/mol. The Bertz CT molecular complexity index is 935. The zero-order chi connectivity index (χ0) is 19.8. The molecule has 0 radical (unpaired) electrons. The third-order valence-corrected chi connectivity index (χ3v) is 5.85. The van der Waals surface area contributed by atoms with Gasteiger partial charge in [0.25, 0.3) is 5.91 Å². The first-order valence-electron chi connectivity index (χ1n) is 8.85. The molecule has 1 N–H and O–H groups in total. The second-order valence-corrected chi connectivity index (χ2v) is 7.84. The SMILES string of the molecule is O=C(Cc1cccs1)N[C@H]1CCN2C(=O)N(c3ccc(F)cc3F)C(=O)[C@@H]2C1. The molecular weight excluding hydrogens is 388 g/mol. The van der Waals surface area contributed by atoms with E-state index in [0.717, 1.165) is 21.9 Å². The van der Waals surface area contributed by atoms with Crippen LogP contribution in [0.25, 0.3) is 0 Å². The van der Waals surface area contributed by atoms with Crippen LogP contribution in [0.1, 0.15) is 17.7 Å². The Morgan fingerprint density at radius 3 is 2.79 bits per heavy atom. The maximum absolute atomic E-state index is 14.1. The number of hydrogen-bond acceptors (Lipinski definition) is 4. The van der Waals surface area contributed by atoms with Crippen LogP contribution < -0.4 is 10.2 Å². The molecule has 0 bridgehead atoms. The summed E-state index contributed by atoms with van der Waals surface area (Å²) >= 11 is 1.49. The predicted octanol–water partition coefficient (Wildman–Crippen LogP) is 2.68. The fourth-order valence-corrected chi connectivity index (χ4v) is 4.37. The van der Waals surface area contributed by atoms with E-state index in [1.807, 2.05) is 17.5 Å². The molecule has 0 unspecified atom stereocenters. The molecule has 9 heteroatoms. The van der Waals surface area contributed by atoms with Crippen LogP contribution in [-0.4, -0.2) is 41.4 Å². The van der Waals surface area contributed by atoms with Gasteiger partial charge < -0.3 is 10.2 Å². The normalized spacial score (nSPS) is 21.8. The fraction of sp³-hybridized carbons (Fsp3) is 0.316. The molecular formula is C19H17F2N3O3S. The second kappa shape index (κ2) is 7.31. The number of carbonyl (C=O) groups is 3. The summed E-state index contributed by atoms with van der Waals surface area (Å²) in [5.74, 6) is -2.46. The lowest BCUT2D eigenvalue weighted by molar-refractivity contribution is -0.124. The van der Waals surface area contributed by atoms with E-state index in [4.69, 9.17) is 0 Å². The Morgan fingerprint density at radius 2 is 2.07 bits per heavy atom. The van der Waals surface area contributed by atoms with E-state index in [1.54, 1.807) is 0 Å². The van der Waals surface area contributed by atoms with Gasteiger partial charge >= 0.3 is 6.03 Å². The van der Waals surface area contributed by atoms with Crippen LogP contribution in [0.4, 0.5) is 19.3 Å². The first kappa shape index (κ1) is 18.5. The third-order valence-electron chi connectivity index (χ3n) is 4.98. The number of nitrogens with zero attached hydrogens (tertiary/aromatic N) is 2. The summed E-state index contributed by atoms with van der Waals surface area (Å²) in [6, 6.07) is 4.84. The number of benzene rings is 1. The summed E-state index contributed by atoms with van der Waals surface area (Å²) in [4.78, 5) is 40.7. The van der Waals surface area contributed by atoms with E-state index in [-0.39, 0.29) is 37.0 Å². The highest BCUT2D eigenvalue weighted by atomic mass is 32.1. The monoisotopic (exact) mass is 405 g/mol. The van der Waals surface area contributed by atoms with Crippen molar-refractivity contribution in [2.45, 2.75) is 31.3 Å². The molecule has 2 aliphatic heterocycles. The first-order valence-corrected chi connectivity index (χ1v) is 9.73. The van der Waals surface area contributed by atoms with Gasteiger partial charge in [0.05, 0.1) is 12.1 Å². The van der Waals surface area contributed by atoms with Gasteiger partial charge in [0.1, 0.15) is 17.7 Å². The van der Waals surface area contributed by atoms with Crippen molar-refractivity contribution < 1.29 is 23.2 Å². The maximum Gasteiger partial charge on any atom is 0.332 e. The second-order valence-electron chi connectivity index (χ2n) is 6.81. The molecule has 0 spiro atoms. The lowest BCUT2D eigenvalue weighted by Crippen LogP contribution is -2.50. The Kier molecular flexibility index (Phi) is 4.84. The van der Waals surface area contributed by atoms with Gasteiger partial charge in [-0.2, -0.15) is 0 Å². The largest absolute Gasteiger partial charge is 0.353 e. The molecule has 2 atom stereocenters. The number of thiophene rings is 1. The van der Waals surface area contributed by atoms with Crippen LogP contribution in [0.15, 0.2) is 35.7 Å². The highest BCUT2D eigenvalue weighted by Crippen LogP contribution is 2.32. The number of anilines is 1.